The quantitative estimate of drug-likeness (QED) is 0.606. The maximum atomic E-state index is 10.6. The predicted octanol–water partition coefficient (Wildman–Crippen LogP) is 2.46. The maximum absolute atomic E-state index is 10.6. The second-order valence-electron chi connectivity index (χ2n) is 4.60. The minimum atomic E-state index is -0.418. The number of hydrogen-bond donors (Lipinski definition) is 0. The summed E-state index contributed by atoms with van der Waals surface area (Å²) in [6.07, 6.45) is 2.08. The van der Waals surface area contributed by atoms with Crippen molar-refractivity contribution in [2.24, 2.45) is 5.41 Å². The highest BCUT2D eigenvalue weighted by atomic mass is 16.6. The van der Waals surface area contributed by atoms with Crippen LogP contribution in [0.5, 0.6) is 0 Å². The lowest BCUT2D eigenvalue weighted by atomic mass is 9.76. The number of nitrogens with zero attached hydrogens (tertiary/aromatic N) is 2. The Morgan fingerprint density at radius 1 is 1.33 bits per heavy atom. The lowest BCUT2D eigenvalue weighted by Gasteiger charge is -2.30. The number of rotatable bonds is 3. The van der Waals surface area contributed by atoms with Gasteiger partial charge in [0, 0.05) is 25.3 Å². The molecule has 1 fully saturated rings. The molecule has 0 N–H and O–H groups in total. The minimum Gasteiger partial charge on any atom is -0.381 e. The van der Waals surface area contributed by atoms with E-state index in [0.717, 1.165) is 18.4 Å². The van der Waals surface area contributed by atoms with Crippen molar-refractivity contribution in [2.75, 3.05) is 13.2 Å². The van der Waals surface area contributed by atoms with E-state index in [4.69, 9.17) is 4.74 Å². The summed E-state index contributed by atoms with van der Waals surface area (Å²) in [4.78, 5) is 10.1. The number of benzene rings is 1. The molecule has 0 unspecified atom stereocenters. The molecule has 0 aliphatic carbocycles. The molecule has 0 radical (unpaired) electrons. The Balaban J connectivity index is 2.12. The van der Waals surface area contributed by atoms with E-state index in [0.29, 0.717) is 19.6 Å². The summed E-state index contributed by atoms with van der Waals surface area (Å²) in [6, 6.07) is 8.82. The first-order chi connectivity index (χ1) is 8.65. The third-order valence-corrected chi connectivity index (χ3v) is 3.38. The Kier molecular flexibility index (Phi) is 3.58. The molecule has 0 saturated carbocycles. The van der Waals surface area contributed by atoms with Crippen molar-refractivity contribution in [1.82, 2.24) is 0 Å². The molecule has 0 atom stereocenters. The maximum Gasteiger partial charge on any atom is 0.269 e. The van der Waals surface area contributed by atoms with Crippen molar-refractivity contribution in [1.29, 1.82) is 5.26 Å². The van der Waals surface area contributed by atoms with Gasteiger partial charge < -0.3 is 4.74 Å². The highest BCUT2D eigenvalue weighted by molar-refractivity contribution is 5.33. The van der Waals surface area contributed by atoms with E-state index in [1.807, 2.05) is 0 Å². The minimum absolute atomic E-state index is 0.0803. The van der Waals surface area contributed by atoms with Crippen LogP contribution in [-0.2, 0) is 11.2 Å². The second-order valence-corrected chi connectivity index (χ2v) is 4.60. The van der Waals surface area contributed by atoms with Crippen molar-refractivity contribution in [3.63, 3.8) is 0 Å². The molecule has 1 aliphatic heterocycles. The van der Waals surface area contributed by atoms with Gasteiger partial charge in [-0.2, -0.15) is 5.26 Å². The van der Waals surface area contributed by atoms with Gasteiger partial charge in [-0.25, -0.2) is 0 Å². The van der Waals surface area contributed by atoms with E-state index in [-0.39, 0.29) is 11.1 Å². The van der Waals surface area contributed by atoms with Crippen LogP contribution < -0.4 is 0 Å². The standard InChI is InChI=1S/C13H14N2O3/c14-10-13(5-7-18-8-6-13)9-11-1-3-12(4-2-11)15(16)17/h1-4H,5-9H2. The summed E-state index contributed by atoms with van der Waals surface area (Å²) in [6.45, 7) is 1.22. The van der Waals surface area contributed by atoms with Gasteiger partial charge in [0.05, 0.1) is 16.4 Å². The number of ether oxygens (including phenoxy) is 1. The number of nitro groups is 1. The zero-order valence-electron chi connectivity index (χ0n) is 9.96. The summed E-state index contributed by atoms with van der Waals surface area (Å²) in [5, 5.41) is 19.9. The zero-order valence-corrected chi connectivity index (χ0v) is 9.96. The molecule has 0 bridgehead atoms. The second kappa shape index (κ2) is 5.15. The monoisotopic (exact) mass is 246 g/mol. The van der Waals surface area contributed by atoms with Crippen molar-refractivity contribution in [2.45, 2.75) is 19.3 Å². The number of non-ortho nitro benzene ring substituents is 1. The molecule has 1 heterocycles. The highest BCUT2D eigenvalue weighted by Gasteiger charge is 2.32. The SMILES string of the molecule is N#CC1(Cc2ccc([N+](=O)[O-])cc2)CCOCC1. The molecule has 18 heavy (non-hydrogen) atoms. The third-order valence-electron chi connectivity index (χ3n) is 3.38. The lowest BCUT2D eigenvalue weighted by molar-refractivity contribution is -0.384. The van der Waals surface area contributed by atoms with Gasteiger partial charge in [-0.05, 0) is 24.8 Å². The van der Waals surface area contributed by atoms with E-state index in [1.165, 1.54) is 12.1 Å². The first-order valence-corrected chi connectivity index (χ1v) is 5.88. The average Bonchev–Trinajstić information content (AvgIpc) is 2.40. The molecule has 5 heteroatoms. The van der Waals surface area contributed by atoms with Crippen LogP contribution in [0.25, 0.3) is 0 Å². The van der Waals surface area contributed by atoms with E-state index in [1.54, 1.807) is 12.1 Å². The van der Waals surface area contributed by atoms with Crippen molar-refractivity contribution in [3.05, 3.63) is 39.9 Å². The van der Waals surface area contributed by atoms with Gasteiger partial charge in [0.2, 0.25) is 0 Å². The molecular formula is C13H14N2O3. The molecule has 94 valence electrons. The molecule has 1 aromatic carbocycles. The fourth-order valence-corrected chi connectivity index (χ4v) is 2.22. The molecule has 5 nitrogen and oxygen atoms in total. The van der Waals surface area contributed by atoms with Crippen LogP contribution in [0.4, 0.5) is 5.69 Å². The van der Waals surface area contributed by atoms with E-state index >= 15 is 0 Å². The summed E-state index contributed by atoms with van der Waals surface area (Å²) in [5.41, 5.74) is 0.662. The fraction of sp³-hybridized carbons (Fsp3) is 0.462. The Hall–Kier alpha value is -1.93. The highest BCUT2D eigenvalue weighted by Crippen LogP contribution is 2.33. The first kappa shape index (κ1) is 12.5. The third kappa shape index (κ3) is 2.66. The van der Waals surface area contributed by atoms with Gasteiger partial charge in [-0.3, -0.25) is 10.1 Å². The summed E-state index contributed by atoms with van der Waals surface area (Å²) in [7, 11) is 0. The molecule has 2 rings (SSSR count). The van der Waals surface area contributed by atoms with E-state index in [2.05, 4.69) is 6.07 Å². The van der Waals surface area contributed by atoms with E-state index in [9.17, 15) is 15.4 Å². The average molecular weight is 246 g/mol. The van der Waals surface area contributed by atoms with Crippen molar-refractivity contribution in [3.8, 4) is 6.07 Å². The largest absolute Gasteiger partial charge is 0.381 e. The van der Waals surface area contributed by atoms with E-state index < -0.39 is 4.92 Å². The van der Waals surface area contributed by atoms with Gasteiger partial charge in [0.25, 0.3) is 5.69 Å². The topological polar surface area (TPSA) is 76.2 Å². The molecular weight excluding hydrogens is 232 g/mol. The fourth-order valence-electron chi connectivity index (χ4n) is 2.22. The van der Waals surface area contributed by atoms with Gasteiger partial charge in [-0.1, -0.05) is 12.1 Å². The van der Waals surface area contributed by atoms with Crippen LogP contribution in [0.15, 0.2) is 24.3 Å². The van der Waals surface area contributed by atoms with Crippen LogP contribution in [0.1, 0.15) is 18.4 Å². The molecule has 1 saturated heterocycles. The van der Waals surface area contributed by atoms with Crippen LogP contribution in [-0.4, -0.2) is 18.1 Å². The number of nitriles is 1. The molecule has 0 aromatic heterocycles. The lowest BCUT2D eigenvalue weighted by Crippen LogP contribution is -2.30. The van der Waals surface area contributed by atoms with Gasteiger partial charge in [0.1, 0.15) is 0 Å². The van der Waals surface area contributed by atoms with Crippen LogP contribution in [0.3, 0.4) is 0 Å². The van der Waals surface area contributed by atoms with Gasteiger partial charge in [-0.15, -0.1) is 0 Å². The molecule has 0 amide bonds. The predicted molar refractivity (Wildman–Crippen MR) is 64.9 cm³/mol. The molecule has 0 spiro atoms. The summed E-state index contributed by atoms with van der Waals surface area (Å²) >= 11 is 0. The molecule has 1 aliphatic rings. The first-order valence-electron chi connectivity index (χ1n) is 5.88. The van der Waals surface area contributed by atoms with Crippen molar-refractivity contribution >= 4 is 5.69 Å². The summed E-state index contributed by atoms with van der Waals surface area (Å²) in [5.74, 6) is 0. The van der Waals surface area contributed by atoms with Crippen LogP contribution in [0, 0.1) is 26.9 Å². The van der Waals surface area contributed by atoms with Crippen LogP contribution in [0.2, 0.25) is 0 Å². The molecule has 1 aromatic rings. The smallest absolute Gasteiger partial charge is 0.269 e. The zero-order chi connectivity index (χ0) is 13.0. The Labute approximate surface area is 105 Å². The normalized spacial score (nSPS) is 17.9. The van der Waals surface area contributed by atoms with Gasteiger partial charge in [0.15, 0.2) is 0 Å². The van der Waals surface area contributed by atoms with Gasteiger partial charge >= 0.3 is 0 Å². The van der Waals surface area contributed by atoms with Crippen molar-refractivity contribution < 1.29 is 9.66 Å². The summed E-state index contributed by atoms with van der Waals surface area (Å²) < 4.78 is 5.27. The Bertz CT molecular complexity index is 470. The van der Waals surface area contributed by atoms with Crippen LogP contribution >= 0.6 is 0 Å². The Morgan fingerprint density at radius 3 is 2.44 bits per heavy atom. The number of nitro benzene ring substituents is 1. The Morgan fingerprint density at radius 2 is 1.94 bits per heavy atom. The number of hydrogen-bond acceptors (Lipinski definition) is 4.